The van der Waals surface area contributed by atoms with Gasteiger partial charge in [-0.1, -0.05) is 6.07 Å². The van der Waals surface area contributed by atoms with Crippen LogP contribution in [-0.4, -0.2) is 15.7 Å². The lowest BCUT2D eigenvalue weighted by Crippen LogP contribution is -2.18. The van der Waals surface area contributed by atoms with Crippen LogP contribution in [0, 0.1) is 19.7 Å². The molecule has 1 amide bonds. The molecule has 0 saturated carbocycles. The first kappa shape index (κ1) is 13.1. The molecule has 19 heavy (non-hydrogen) atoms. The minimum Gasteiger partial charge on any atom is -0.395 e. The number of halogens is 1. The number of nitrogens with zero attached hydrogens (tertiary/aromatic N) is 2. The molecule has 0 atom stereocenters. The van der Waals surface area contributed by atoms with Crippen LogP contribution in [0.1, 0.15) is 21.7 Å². The number of hydrogen-bond donors (Lipinski definition) is 2. The average molecular weight is 262 g/mol. The molecule has 0 saturated heterocycles. The van der Waals surface area contributed by atoms with Gasteiger partial charge in [-0.2, -0.15) is 5.10 Å². The van der Waals surface area contributed by atoms with Crippen molar-refractivity contribution in [2.24, 2.45) is 7.05 Å². The highest BCUT2D eigenvalue weighted by Crippen LogP contribution is 2.21. The lowest BCUT2D eigenvalue weighted by atomic mass is 10.2. The van der Waals surface area contributed by atoms with Gasteiger partial charge in [-0.05, 0) is 26.0 Å². The van der Waals surface area contributed by atoms with Crippen LogP contribution in [0.3, 0.4) is 0 Å². The fourth-order valence-electron chi connectivity index (χ4n) is 1.87. The van der Waals surface area contributed by atoms with Gasteiger partial charge in [0.2, 0.25) is 0 Å². The number of nitrogens with two attached hydrogens (primary N) is 1. The van der Waals surface area contributed by atoms with Gasteiger partial charge < -0.3 is 11.1 Å². The largest absolute Gasteiger partial charge is 0.395 e. The first-order chi connectivity index (χ1) is 8.91. The van der Waals surface area contributed by atoms with Gasteiger partial charge in [-0.3, -0.25) is 9.48 Å². The van der Waals surface area contributed by atoms with Crippen molar-refractivity contribution < 1.29 is 9.18 Å². The lowest BCUT2D eigenvalue weighted by Gasteiger charge is -2.09. The van der Waals surface area contributed by atoms with Crippen LogP contribution in [0.15, 0.2) is 18.2 Å². The van der Waals surface area contributed by atoms with Gasteiger partial charge in [0.05, 0.1) is 11.4 Å². The van der Waals surface area contributed by atoms with Crippen LogP contribution in [0.5, 0.6) is 0 Å². The van der Waals surface area contributed by atoms with E-state index in [0.29, 0.717) is 22.6 Å². The van der Waals surface area contributed by atoms with E-state index < -0.39 is 5.91 Å². The summed E-state index contributed by atoms with van der Waals surface area (Å²) in [6.45, 7) is 3.32. The molecular weight excluding hydrogens is 247 g/mol. The maximum Gasteiger partial charge on any atom is 0.276 e. The molecule has 1 aromatic carbocycles. The predicted molar refractivity (Wildman–Crippen MR) is 71.4 cm³/mol. The van der Waals surface area contributed by atoms with Crippen molar-refractivity contribution in [3.63, 3.8) is 0 Å². The molecule has 2 aromatic rings. The van der Waals surface area contributed by atoms with Crippen molar-refractivity contribution in [1.82, 2.24) is 9.78 Å². The Morgan fingerprint density at radius 2 is 2.11 bits per heavy atom. The maximum atomic E-state index is 13.4. The molecular formula is C13H15FN4O. The highest BCUT2D eigenvalue weighted by molar-refractivity contribution is 6.07. The van der Waals surface area contributed by atoms with E-state index >= 15 is 0 Å². The number of rotatable bonds is 2. The minimum atomic E-state index is -0.408. The summed E-state index contributed by atoms with van der Waals surface area (Å²) in [6, 6.07) is 4.51. The summed E-state index contributed by atoms with van der Waals surface area (Å²) >= 11 is 0. The second-order valence-electron chi connectivity index (χ2n) is 4.34. The standard InChI is InChI=1S/C13H15FN4O/c1-7-9(14)5-4-6-10(7)16-13(19)12-11(15)8(2)17-18(12)3/h4-6H,15H2,1-3H3,(H,16,19). The van der Waals surface area contributed by atoms with E-state index in [1.54, 1.807) is 27.0 Å². The molecule has 3 N–H and O–H groups in total. The zero-order valence-electron chi connectivity index (χ0n) is 11.0. The number of aryl methyl sites for hydroxylation is 2. The van der Waals surface area contributed by atoms with Crippen molar-refractivity contribution in [1.29, 1.82) is 0 Å². The average Bonchev–Trinajstić information content (AvgIpc) is 2.59. The third kappa shape index (κ3) is 2.29. The predicted octanol–water partition coefficient (Wildman–Crippen LogP) is 2.01. The molecule has 0 spiro atoms. The molecule has 100 valence electrons. The van der Waals surface area contributed by atoms with E-state index in [0.717, 1.165) is 0 Å². The number of hydrogen-bond acceptors (Lipinski definition) is 3. The molecule has 5 nitrogen and oxygen atoms in total. The van der Waals surface area contributed by atoms with Crippen LogP contribution in [0.4, 0.5) is 15.8 Å². The summed E-state index contributed by atoms with van der Waals surface area (Å²) in [6.07, 6.45) is 0. The molecule has 2 rings (SSSR count). The minimum absolute atomic E-state index is 0.265. The molecule has 0 radical (unpaired) electrons. The fraction of sp³-hybridized carbons (Fsp3) is 0.231. The van der Waals surface area contributed by atoms with Crippen LogP contribution < -0.4 is 11.1 Å². The monoisotopic (exact) mass is 262 g/mol. The van der Waals surface area contributed by atoms with E-state index in [2.05, 4.69) is 10.4 Å². The summed E-state index contributed by atoms with van der Waals surface area (Å²) in [5.74, 6) is -0.777. The number of nitrogen functional groups attached to an aromatic ring is 1. The van der Waals surface area contributed by atoms with Crippen LogP contribution in [0.25, 0.3) is 0 Å². The van der Waals surface area contributed by atoms with Crippen molar-refractivity contribution in [2.45, 2.75) is 13.8 Å². The molecule has 0 bridgehead atoms. The maximum absolute atomic E-state index is 13.4. The topological polar surface area (TPSA) is 72.9 Å². The van der Waals surface area contributed by atoms with Gasteiger partial charge in [0, 0.05) is 18.3 Å². The summed E-state index contributed by atoms with van der Waals surface area (Å²) in [7, 11) is 1.64. The Balaban J connectivity index is 2.34. The molecule has 0 aliphatic heterocycles. The van der Waals surface area contributed by atoms with Gasteiger partial charge >= 0.3 is 0 Å². The van der Waals surface area contributed by atoms with Crippen LogP contribution in [-0.2, 0) is 7.05 Å². The van der Waals surface area contributed by atoms with E-state index in [9.17, 15) is 9.18 Å². The van der Waals surface area contributed by atoms with Crippen molar-refractivity contribution >= 4 is 17.3 Å². The number of benzene rings is 1. The zero-order valence-corrected chi connectivity index (χ0v) is 11.0. The van der Waals surface area contributed by atoms with Crippen molar-refractivity contribution in [2.75, 3.05) is 11.1 Å². The Morgan fingerprint density at radius 1 is 1.42 bits per heavy atom. The SMILES string of the molecule is Cc1nn(C)c(C(=O)Nc2cccc(F)c2C)c1N. The second-order valence-corrected chi connectivity index (χ2v) is 4.34. The molecule has 1 aromatic heterocycles. The summed E-state index contributed by atoms with van der Waals surface area (Å²) in [5, 5.41) is 6.71. The number of aromatic nitrogens is 2. The van der Waals surface area contributed by atoms with E-state index in [-0.39, 0.29) is 11.5 Å². The number of anilines is 2. The molecule has 6 heteroatoms. The molecule has 0 aliphatic carbocycles. The Morgan fingerprint density at radius 3 is 2.68 bits per heavy atom. The number of carbonyl (C=O) groups is 1. The highest BCUT2D eigenvalue weighted by atomic mass is 19.1. The lowest BCUT2D eigenvalue weighted by molar-refractivity contribution is 0.101. The number of carbonyl (C=O) groups excluding carboxylic acids is 1. The van der Waals surface area contributed by atoms with Crippen LogP contribution in [0.2, 0.25) is 0 Å². The number of amides is 1. The third-order valence-corrected chi connectivity index (χ3v) is 3.00. The fourth-order valence-corrected chi connectivity index (χ4v) is 1.87. The Kier molecular flexibility index (Phi) is 3.25. The second kappa shape index (κ2) is 4.72. The van der Waals surface area contributed by atoms with E-state index in [1.807, 2.05) is 0 Å². The molecule has 0 unspecified atom stereocenters. The van der Waals surface area contributed by atoms with Crippen molar-refractivity contribution in [3.8, 4) is 0 Å². The summed E-state index contributed by atoms with van der Waals surface area (Å²) < 4.78 is 14.8. The molecule has 1 heterocycles. The van der Waals surface area contributed by atoms with Gasteiger partial charge in [-0.25, -0.2) is 4.39 Å². The van der Waals surface area contributed by atoms with E-state index in [4.69, 9.17) is 5.73 Å². The molecule has 0 aliphatic rings. The van der Waals surface area contributed by atoms with Gasteiger partial charge in [0.15, 0.2) is 0 Å². The first-order valence-electron chi connectivity index (χ1n) is 5.77. The smallest absolute Gasteiger partial charge is 0.276 e. The molecule has 0 fully saturated rings. The summed E-state index contributed by atoms with van der Waals surface area (Å²) in [5.41, 5.74) is 7.79. The van der Waals surface area contributed by atoms with Gasteiger partial charge in [0.25, 0.3) is 5.91 Å². The van der Waals surface area contributed by atoms with Gasteiger partial charge in [-0.15, -0.1) is 0 Å². The number of nitrogens with one attached hydrogen (secondary N) is 1. The van der Waals surface area contributed by atoms with E-state index in [1.165, 1.54) is 16.8 Å². The van der Waals surface area contributed by atoms with Crippen molar-refractivity contribution in [3.05, 3.63) is 41.0 Å². The third-order valence-electron chi connectivity index (χ3n) is 3.00. The Labute approximate surface area is 110 Å². The summed E-state index contributed by atoms with van der Waals surface area (Å²) in [4.78, 5) is 12.2. The zero-order chi connectivity index (χ0) is 14.2. The van der Waals surface area contributed by atoms with Crippen LogP contribution >= 0.6 is 0 Å². The first-order valence-corrected chi connectivity index (χ1v) is 5.77. The Hall–Kier alpha value is -2.37. The van der Waals surface area contributed by atoms with Gasteiger partial charge in [0.1, 0.15) is 11.5 Å². The Bertz CT molecular complexity index is 648. The normalized spacial score (nSPS) is 10.5. The quantitative estimate of drug-likeness (QED) is 0.869. The highest BCUT2D eigenvalue weighted by Gasteiger charge is 2.18.